The molecule has 2 aromatic carbocycles. The van der Waals surface area contributed by atoms with Gasteiger partial charge in [0.15, 0.2) is 11.5 Å². The van der Waals surface area contributed by atoms with Crippen LogP contribution < -0.4 is 9.47 Å². The van der Waals surface area contributed by atoms with Gasteiger partial charge in [0, 0.05) is 10.9 Å². The molecule has 1 aliphatic rings. The minimum atomic E-state index is -0.115. The van der Waals surface area contributed by atoms with E-state index in [1.165, 1.54) is 11.3 Å². The molecule has 0 spiro atoms. The number of benzene rings is 2. The minimum absolute atomic E-state index is 0.115. The highest BCUT2D eigenvalue weighted by Crippen LogP contribution is 2.40. The molecule has 1 atom stereocenters. The van der Waals surface area contributed by atoms with Crippen LogP contribution in [0, 0.1) is 11.3 Å². The SMILES string of the molecule is COc1ccc([C@@H](C(C)C)N2CC(O)=C(c3nc(-c4ccccc4)cs3)C2=N)cc1OC. The van der Waals surface area contributed by atoms with E-state index in [0.29, 0.717) is 22.1 Å². The number of amidine groups is 1. The van der Waals surface area contributed by atoms with E-state index in [-0.39, 0.29) is 30.1 Å². The standard InChI is InChI=1S/C25H27N3O3S/c1-15(2)23(17-10-11-20(30-3)21(12-17)31-4)28-13-19(29)22(24(28)26)25-27-18(14-32-25)16-8-6-5-7-9-16/h5-12,14-15,23,26,29H,13H2,1-4H3/t23-/m1/s1. The van der Waals surface area contributed by atoms with Gasteiger partial charge in [-0.05, 0) is 23.6 Å². The zero-order valence-corrected chi connectivity index (χ0v) is 19.4. The summed E-state index contributed by atoms with van der Waals surface area (Å²) >= 11 is 1.45. The molecule has 0 fully saturated rings. The van der Waals surface area contributed by atoms with E-state index in [2.05, 4.69) is 13.8 Å². The molecule has 3 aromatic rings. The second kappa shape index (κ2) is 9.04. The normalized spacial score (nSPS) is 14.9. The van der Waals surface area contributed by atoms with Gasteiger partial charge in [-0.1, -0.05) is 50.2 Å². The third kappa shape index (κ3) is 3.96. The summed E-state index contributed by atoms with van der Waals surface area (Å²) < 4.78 is 10.9. The average molecular weight is 450 g/mol. The highest BCUT2D eigenvalue weighted by atomic mass is 32.1. The smallest absolute Gasteiger partial charge is 0.161 e. The number of methoxy groups -OCH3 is 2. The largest absolute Gasteiger partial charge is 0.510 e. The molecule has 1 aromatic heterocycles. The number of hydrogen-bond acceptors (Lipinski definition) is 6. The van der Waals surface area contributed by atoms with Crippen molar-refractivity contribution >= 4 is 22.7 Å². The molecule has 1 aliphatic heterocycles. The molecule has 6 nitrogen and oxygen atoms in total. The third-order valence-corrected chi connectivity index (χ3v) is 6.50. The van der Waals surface area contributed by atoms with Gasteiger partial charge < -0.3 is 19.5 Å². The maximum atomic E-state index is 10.8. The summed E-state index contributed by atoms with van der Waals surface area (Å²) in [6.07, 6.45) is 0. The first kappa shape index (κ1) is 21.9. The Morgan fingerprint density at radius 2 is 1.78 bits per heavy atom. The van der Waals surface area contributed by atoms with Crippen LogP contribution in [0.1, 0.15) is 30.5 Å². The van der Waals surface area contributed by atoms with Gasteiger partial charge in [0.1, 0.15) is 16.6 Å². The van der Waals surface area contributed by atoms with Gasteiger partial charge in [-0.3, -0.25) is 5.41 Å². The van der Waals surface area contributed by atoms with Gasteiger partial charge in [-0.15, -0.1) is 11.3 Å². The molecular formula is C25H27N3O3S. The lowest BCUT2D eigenvalue weighted by Gasteiger charge is -2.33. The van der Waals surface area contributed by atoms with Crippen molar-refractivity contribution < 1.29 is 14.6 Å². The predicted octanol–water partition coefficient (Wildman–Crippen LogP) is 5.79. The van der Waals surface area contributed by atoms with Crippen LogP contribution in [0.3, 0.4) is 0 Å². The Bertz CT molecular complexity index is 1150. The molecule has 32 heavy (non-hydrogen) atoms. The van der Waals surface area contributed by atoms with Gasteiger partial charge in [0.05, 0.1) is 38.1 Å². The van der Waals surface area contributed by atoms with Crippen molar-refractivity contribution in [3.63, 3.8) is 0 Å². The maximum absolute atomic E-state index is 10.8. The summed E-state index contributed by atoms with van der Waals surface area (Å²) in [6.45, 7) is 4.49. The molecule has 0 bridgehead atoms. The average Bonchev–Trinajstić information content (AvgIpc) is 3.38. The quantitative estimate of drug-likeness (QED) is 0.478. The molecule has 2 heterocycles. The second-order valence-electron chi connectivity index (χ2n) is 8.01. The van der Waals surface area contributed by atoms with Crippen molar-refractivity contribution in [2.24, 2.45) is 5.92 Å². The van der Waals surface area contributed by atoms with Gasteiger partial charge in [0.2, 0.25) is 0 Å². The van der Waals surface area contributed by atoms with Crippen LogP contribution in [0.25, 0.3) is 16.8 Å². The first-order chi connectivity index (χ1) is 15.4. The van der Waals surface area contributed by atoms with Crippen molar-refractivity contribution in [2.75, 3.05) is 20.8 Å². The van der Waals surface area contributed by atoms with Gasteiger partial charge in [-0.2, -0.15) is 0 Å². The molecule has 0 unspecified atom stereocenters. The number of ether oxygens (including phenoxy) is 2. The molecular weight excluding hydrogens is 422 g/mol. The van der Waals surface area contributed by atoms with Gasteiger partial charge in [-0.25, -0.2) is 4.98 Å². The van der Waals surface area contributed by atoms with E-state index < -0.39 is 0 Å². The monoisotopic (exact) mass is 449 g/mol. The number of aliphatic hydroxyl groups excluding tert-OH is 1. The lowest BCUT2D eigenvalue weighted by atomic mass is 9.94. The Balaban J connectivity index is 1.65. The summed E-state index contributed by atoms with van der Waals surface area (Å²) in [5.41, 5.74) is 3.36. The lowest BCUT2D eigenvalue weighted by Crippen LogP contribution is -2.34. The zero-order chi connectivity index (χ0) is 22.8. The molecule has 166 valence electrons. The van der Waals surface area contributed by atoms with Crippen LogP contribution in [0.4, 0.5) is 0 Å². The van der Waals surface area contributed by atoms with E-state index in [0.717, 1.165) is 16.8 Å². The van der Waals surface area contributed by atoms with Crippen molar-refractivity contribution in [3.05, 3.63) is 70.2 Å². The summed E-state index contributed by atoms with van der Waals surface area (Å²) in [7, 11) is 3.22. The van der Waals surface area contributed by atoms with Crippen LogP contribution >= 0.6 is 11.3 Å². The van der Waals surface area contributed by atoms with Crippen molar-refractivity contribution in [1.82, 2.24) is 9.88 Å². The number of nitrogens with one attached hydrogen (secondary N) is 1. The summed E-state index contributed by atoms with van der Waals surface area (Å²) in [5, 5.41) is 22.4. The molecule has 0 amide bonds. The van der Waals surface area contributed by atoms with Crippen LogP contribution in [0.5, 0.6) is 11.5 Å². The molecule has 0 saturated heterocycles. The maximum Gasteiger partial charge on any atom is 0.161 e. The van der Waals surface area contributed by atoms with Crippen LogP contribution in [0.2, 0.25) is 0 Å². The lowest BCUT2D eigenvalue weighted by molar-refractivity contribution is 0.247. The van der Waals surface area contributed by atoms with Gasteiger partial charge in [0.25, 0.3) is 0 Å². The first-order valence-corrected chi connectivity index (χ1v) is 11.3. The molecule has 7 heteroatoms. The fourth-order valence-corrected chi connectivity index (χ4v) is 5.05. The van der Waals surface area contributed by atoms with Crippen LogP contribution in [-0.4, -0.2) is 41.6 Å². The Hall–Kier alpha value is -3.32. The van der Waals surface area contributed by atoms with Crippen LogP contribution in [0.15, 0.2) is 59.7 Å². The van der Waals surface area contributed by atoms with Crippen molar-refractivity contribution in [3.8, 4) is 22.8 Å². The van der Waals surface area contributed by atoms with Crippen molar-refractivity contribution in [2.45, 2.75) is 19.9 Å². The van der Waals surface area contributed by atoms with Crippen molar-refractivity contribution in [1.29, 1.82) is 5.41 Å². The number of thiazole rings is 1. The molecule has 0 radical (unpaired) electrons. The third-order valence-electron chi connectivity index (χ3n) is 5.64. The van der Waals surface area contributed by atoms with Crippen LogP contribution in [-0.2, 0) is 0 Å². The Morgan fingerprint density at radius 3 is 2.44 bits per heavy atom. The number of rotatable bonds is 7. The second-order valence-corrected chi connectivity index (χ2v) is 8.86. The van der Waals surface area contributed by atoms with E-state index in [1.54, 1.807) is 14.2 Å². The Kier molecular flexibility index (Phi) is 6.19. The highest BCUT2D eigenvalue weighted by Gasteiger charge is 2.36. The Labute approximate surface area is 192 Å². The first-order valence-electron chi connectivity index (χ1n) is 10.5. The number of aliphatic hydroxyl groups is 1. The fourth-order valence-electron chi connectivity index (χ4n) is 4.15. The topological polar surface area (TPSA) is 78.7 Å². The molecule has 2 N–H and O–H groups in total. The summed E-state index contributed by atoms with van der Waals surface area (Å²) in [6, 6.07) is 15.6. The van der Waals surface area contributed by atoms with E-state index >= 15 is 0 Å². The van der Waals surface area contributed by atoms with Gasteiger partial charge >= 0.3 is 0 Å². The summed E-state index contributed by atoms with van der Waals surface area (Å²) in [5.74, 6) is 1.95. The Morgan fingerprint density at radius 1 is 1.06 bits per heavy atom. The number of aromatic nitrogens is 1. The minimum Gasteiger partial charge on any atom is -0.510 e. The molecule has 4 rings (SSSR count). The summed E-state index contributed by atoms with van der Waals surface area (Å²) in [4.78, 5) is 6.65. The number of nitrogens with zero attached hydrogens (tertiary/aromatic N) is 2. The van der Waals surface area contributed by atoms with E-state index in [1.807, 2.05) is 58.8 Å². The zero-order valence-electron chi connectivity index (χ0n) is 18.6. The fraction of sp³-hybridized carbons (Fsp3) is 0.280. The number of hydrogen-bond donors (Lipinski definition) is 2. The van der Waals surface area contributed by atoms with E-state index in [4.69, 9.17) is 19.9 Å². The molecule has 0 saturated carbocycles. The highest BCUT2D eigenvalue weighted by molar-refractivity contribution is 7.11. The predicted molar refractivity (Wildman–Crippen MR) is 129 cm³/mol. The van der Waals surface area contributed by atoms with E-state index in [9.17, 15) is 5.11 Å². The molecule has 0 aliphatic carbocycles.